The van der Waals surface area contributed by atoms with Gasteiger partial charge in [0.05, 0.1) is 11.0 Å². The number of hydrogen-bond acceptors (Lipinski definition) is 3. The lowest BCUT2D eigenvalue weighted by Gasteiger charge is -2.11. The molecule has 5 aromatic carbocycles. The first-order chi connectivity index (χ1) is 14.4. The molecule has 2 heterocycles. The van der Waals surface area contributed by atoms with E-state index >= 15 is 0 Å². The SMILES string of the molecule is c1ccc2c(c1)ccc1c3cc4c(cc3c3nccnc3c21)oc1ccccc14. The zero-order valence-corrected chi connectivity index (χ0v) is 15.4. The summed E-state index contributed by atoms with van der Waals surface area (Å²) < 4.78 is 6.14. The Morgan fingerprint density at radius 3 is 2.24 bits per heavy atom. The van der Waals surface area contributed by atoms with E-state index in [-0.39, 0.29) is 0 Å². The number of aromatic nitrogens is 2. The van der Waals surface area contributed by atoms with Gasteiger partial charge in [-0.2, -0.15) is 0 Å². The third kappa shape index (κ3) is 1.91. The minimum atomic E-state index is 0.880. The Morgan fingerprint density at radius 1 is 0.517 bits per heavy atom. The molecule has 0 amide bonds. The number of hydrogen-bond donors (Lipinski definition) is 0. The summed E-state index contributed by atoms with van der Waals surface area (Å²) in [6.45, 7) is 0. The molecule has 0 fully saturated rings. The fourth-order valence-electron chi connectivity index (χ4n) is 4.66. The third-order valence-corrected chi connectivity index (χ3v) is 5.93. The third-order valence-electron chi connectivity index (χ3n) is 5.93. The van der Waals surface area contributed by atoms with E-state index in [2.05, 4.69) is 60.7 Å². The zero-order valence-electron chi connectivity index (χ0n) is 15.4. The first-order valence-electron chi connectivity index (χ1n) is 9.68. The summed E-state index contributed by atoms with van der Waals surface area (Å²) in [5.41, 5.74) is 3.63. The minimum Gasteiger partial charge on any atom is -0.456 e. The van der Waals surface area contributed by atoms with E-state index in [4.69, 9.17) is 14.4 Å². The molecule has 0 unspecified atom stereocenters. The largest absolute Gasteiger partial charge is 0.456 e. The van der Waals surface area contributed by atoms with E-state index < -0.39 is 0 Å². The van der Waals surface area contributed by atoms with Gasteiger partial charge in [0.1, 0.15) is 11.2 Å². The summed E-state index contributed by atoms with van der Waals surface area (Å²) in [4.78, 5) is 9.46. The Labute approximate surface area is 165 Å². The second kappa shape index (κ2) is 5.30. The van der Waals surface area contributed by atoms with Gasteiger partial charge in [0.15, 0.2) is 0 Å². The normalized spacial score (nSPS) is 12.1. The van der Waals surface area contributed by atoms with Gasteiger partial charge < -0.3 is 4.42 Å². The molecule has 0 saturated heterocycles. The van der Waals surface area contributed by atoms with Crippen molar-refractivity contribution >= 4 is 65.3 Å². The van der Waals surface area contributed by atoms with Crippen LogP contribution in [0.15, 0.2) is 89.6 Å². The number of furan rings is 1. The van der Waals surface area contributed by atoms with Gasteiger partial charge in [0.25, 0.3) is 0 Å². The number of rotatable bonds is 0. The second-order valence-electron chi connectivity index (χ2n) is 7.45. The van der Waals surface area contributed by atoms with Crippen molar-refractivity contribution < 1.29 is 4.42 Å². The molecule has 0 saturated carbocycles. The van der Waals surface area contributed by atoms with Crippen LogP contribution in [0.4, 0.5) is 0 Å². The van der Waals surface area contributed by atoms with Crippen LogP contribution in [0.5, 0.6) is 0 Å². The predicted octanol–water partition coefficient (Wildman–Crippen LogP) is 6.99. The van der Waals surface area contributed by atoms with E-state index in [1.807, 2.05) is 12.1 Å². The van der Waals surface area contributed by atoms with Gasteiger partial charge in [-0.15, -0.1) is 0 Å². The van der Waals surface area contributed by atoms with Crippen LogP contribution in [0.2, 0.25) is 0 Å². The van der Waals surface area contributed by atoms with Gasteiger partial charge in [-0.25, -0.2) is 0 Å². The number of para-hydroxylation sites is 1. The minimum absolute atomic E-state index is 0.880. The first kappa shape index (κ1) is 15.0. The van der Waals surface area contributed by atoms with E-state index in [1.165, 1.54) is 21.5 Å². The molecule has 0 bridgehead atoms. The lowest BCUT2D eigenvalue weighted by molar-refractivity contribution is 0.669. The van der Waals surface area contributed by atoms with Crippen LogP contribution >= 0.6 is 0 Å². The van der Waals surface area contributed by atoms with Crippen LogP contribution < -0.4 is 0 Å². The van der Waals surface area contributed by atoms with Crippen molar-refractivity contribution in [2.45, 2.75) is 0 Å². The van der Waals surface area contributed by atoms with Gasteiger partial charge in [-0.1, -0.05) is 54.6 Å². The van der Waals surface area contributed by atoms with Crippen molar-refractivity contribution in [2.75, 3.05) is 0 Å². The van der Waals surface area contributed by atoms with Gasteiger partial charge >= 0.3 is 0 Å². The highest BCUT2D eigenvalue weighted by molar-refractivity contribution is 6.31. The molecule has 0 spiro atoms. The van der Waals surface area contributed by atoms with E-state index in [0.29, 0.717) is 0 Å². The van der Waals surface area contributed by atoms with Crippen molar-refractivity contribution in [3.63, 3.8) is 0 Å². The molecule has 0 aliphatic carbocycles. The van der Waals surface area contributed by atoms with Crippen molar-refractivity contribution in [3.05, 3.63) is 85.2 Å². The topological polar surface area (TPSA) is 38.9 Å². The summed E-state index contributed by atoms with van der Waals surface area (Å²) >= 11 is 0. The van der Waals surface area contributed by atoms with Gasteiger partial charge in [0.2, 0.25) is 0 Å². The molecule has 29 heavy (non-hydrogen) atoms. The number of nitrogens with zero attached hydrogens (tertiary/aromatic N) is 2. The molecular formula is C26H14N2O. The fourth-order valence-corrected chi connectivity index (χ4v) is 4.66. The van der Waals surface area contributed by atoms with E-state index in [0.717, 1.165) is 43.7 Å². The van der Waals surface area contributed by atoms with Crippen LogP contribution in [-0.4, -0.2) is 9.97 Å². The summed E-state index contributed by atoms with van der Waals surface area (Å²) in [7, 11) is 0. The van der Waals surface area contributed by atoms with Gasteiger partial charge in [0, 0.05) is 33.9 Å². The fraction of sp³-hybridized carbons (Fsp3) is 0. The highest BCUT2D eigenvalue weighted by atomic mass is 16.3. The first-order valence-corrected chi connectivity index (χ1v) is 9.68. The summed E-state index contributed by atoms with van der Waals surface area (Å²) in [5.74, 6) is 0. The van der Waals surface area contributed by atoms with Crippen LogP contribution in [0.25, 0.3) is 65.3 Å². The predicted molar refractivity (Wildman–Crippen MR) is 119 cm³/mol. The highest BCUT2D eigenvalue weighted by Crippen LogP contribution is 2.40. The molecule has 2 aromatic heterocycles. The Kier molecular flexibility index (Phi) is 2.74. The molecule has 0 N–H and O–H groups in total. The van der Waals surface area contributed by atoms with Gasteiger partial charge in [-0.05, 0) is 39.7 Å². The molecule has 3 heteroatoms. The van der Waals surface area contributed by atoms with Crippen molar-refractivity contribution in [1.29, 1.82) is 0 Å². The molecule has 3 nitrogen and oxygen atoms in total. The van der Waals surface area contributed by atoms with E-state index in [9.17, 15) is 0 Å². The zero-order chi connectivity index (χ0) is 18.9. The maximum absolute atomic E-state index is 6.14. The quantitative estimate of drug-likeness (QED) is 0.270. The van der Waals surface area contributed by atoms with Crippen LogP contribution in [0.3, 0.4) is 0 Å². The Balaban J connectivity index is 1.83. The van der Waals surface area contributed by atoms with Crippen molar-refractivity contribution in [3.8, 4) is 0 Å². The smallest absolute Gasteiger partial charge is 0.136 e. The molecule has 0 radical (unpaired) electrons. The maximum atomic E-state index is 6.14. The van der Waals surface area contributed by atoms with Crippen molar-refractivity contribution in [1.82, 2.24) is 9.97 Å². The van der Waals surface area contributed by atoms with Crippen LogP contribution in [-0.2, 0) is 0 Å². The number of fused-ring (bicyclic) bond motifs is 11. The Morgan fingerprint density at radius 2 is 1.31 bits per heavy atom. The summed E-state index contributed by atoms with van der Waals surface area (Å²) in [5, 5.41) is 9.28. The second-order valence-corrected chi connectivity index (χ2v) is 7.45. The molecule has 0 atom stereocenters. The summed E-state index contributed by atoms with van der Waals surface area (Å²) in [6.07, 6.45) is 3.54. The standard InChI is InChI=1S/C26H14N2O/c1-2-6-16-15(5-1)9-10-18-19-13-20-17-7-3-4-8-22(17)29-23(20)14-21(19)25-26(24(16)18)28-12-11-27-25/h1-14H. The molecule has 0 aliphatic rings. The molecule has 0 aliphatic heterocycles. The van der Waals surface area contributed by atoms with Crippen LogP contribution in [0.1, 0.15) is 0 Å². The Hall–Kier alpha value is -3.98. The average molecular weight is 370 g/mol. The maximum Gasteiger partial charge on any atom is 0.136 e. The average Bonchev–Trinajstić information content (AvgIpc) is 3.15. The monoisotopic (exact) mass is 370 g/mol. The van der Waals surface area contributed by atoms with Gasteiger partial charge in [-0.3, -0.25) is 9.97 Å². The lowest BCUT2D eigenvalue weighted by Crippen LogP contribution is -1.89. The summed E-state index contributed by atoms with van der Waals surface area (Å²) in [6, 6.07) is 25.4. The Bertz CT molecular complexity index is 1760. The van der Waals surface area contributed by atoms with Crippen LogP contribution in [0, 0.1) is 0 Å². The molecule has 7 aromatic rings. The lowest BCUT2D eigenvalue weighted by atomic mass is 9.94. The molecule has 134 valence electrons. The highest BCUT2D eigenvalue weighted by Gasteiger charge is 2.16. The van der Waals surface area contributed by atoms with E-state index in [1.54, 1.807) is 12.4 Å². The molecule has 7 rings (SSSR count). The molecular weight excluding hydrogens is 356 g/mol. The number of benzene rings is 5. The van der Waals surface area contributed by atoms with Crippen molar-refractivity contribution in [2.24, 2.45) is 0 Å².